The highest BCUT2D eigenvalue weighted by Gasteiger charge is 2.09. The van der Waals surface area contributed by atoms with E-state index in [1.165, 1.54) is 24.5 Å². The van der Waals surface area contributed by atoms with Crippen molar-refractivity contribution in [3.8, 4) is 11.6 Å². The lowest BCUT2D eigenvalue weighted by Gasteiger charge is -2.06. The Labute approximate surface area is 104 Å². The van der Waals surface area contributed by atoms with Crippen LogP contribution in [0, 0.1) is 5.82 Å². The van der Waals surface area contributed by atoms with Crippen molar-refractivity contribution in [1.82, 2.24) is 9.97 Å². The Morgan fingerprint density at radius 1 is 1.25 bits per heavy atom. The lowest BCUT2D eigenvalue weighted by molar-refractivity contribution is 0.425. The zero-order chi connectivity index (χ0) is 11.5. The van der Waals surface area contributed by atoms with Gasteiger partial charge in [-0.2, -0.15) is 0 Å². The van der Waals surface area contributed by atoms with Crippen molar-refractivity contribution < 1.29 is 9.13 Å². The average molecular weight is 304 g/mol. The van der Waals surface area contributed by atoms with Crippen LogP contribution in [0.15, 0.2) is 35.1 Å². The normalized spacial score (nSPS) is 10.2. The second-order valence-corrected chi connectivity index (χ2v) is 4.10. The molecule has 0 fully saturated rings. The van der Waals surface area contributed by atoms with Crippen molar-refractivity contribution >= 4 is 27.5 Å². The van der Waals surface area contributed by atoms with Gasteiger partial charge in [0.15, 0.2) is 16.7 Å². The number of hydrogen-bond donors (Lipinski definition) is 0. The summed E-state index contributed by atoms with van der Waals surface area (Å²) < 4.78 is 19.2. The fourth-order valence-electron chi connectivity index (χ4n) is 1.04. The molecule has 3 nitrogen and oxygen atoms in total. The Balaban J connectivity index is 2.31. The second-order valence-electron chi connectivity index (χ2n) is 2.83. The van der Waals surface area contributed by atoms with Crippen molar-refractivity contribution in [1.29, 1.82) is 0 Å². The van der Waals surface area contributed by atoms with Crippen LogP contribution in [0.5, 0.6) is 11.6 Å². The van der Waals surface area contributed by atoms with Crippen LogP contribution in [0.1, 0.15) is 0 Å². The molecule has 2 rings (SSSR count). The summed E-state index contributed by atoms with van der Waals surface area (Å²) in [6.45, 7) is 0. The van der Waals surface area contributed by atoms with Crippen LogP contribution < -0.4 is 4.74 Å². The number of ether oxygens (including phenoxy) is 1. The maximum absolute atomic E-state index is 13.4. The maximum atomic E-state index is 13.4. The molecule has 0 N–H and O–H groups in total. The van der Waals surface area contributed by atoms with Gasteiger partial charge < -0.3 is 4.74 Å². The highest BCUT2D eigenvalue weighted by atomic mass is 79.9. The zero-order valence-electron chi connectivity index (χ0n) is 7.82. The summed E-state index contributed by atoms with van der Waals surface area (Å²) in [6, 6.07) is 4.42. The summed E-state index contributed by atoms with van der Waals surface area (Å²) in [5, 5.41) is 0.0878. The molecule has 0 unspecified atom stereocenters. The molecular weight excluding hydrogens is 298 g/mol. The van der Waals surface area contributed by atoms with E-state index in [0.717, 1.165) is 0 Å². The molecule has 82 valence electrons. The largest absolute Gasteiger partial charge is 0.433 e. The number of benzene rings is 1. The Hall–Kier alpha value is -1.20. The molecule has 0 amide bonds. The molecule has 6 heteroatoms. The molecule has 0 aliphatic heterocycles. The van der Waals surface area contributed by atoms with Crippen molar-refractivity contribution in [3.05, 3.63) is 46.0 Å². The van der Waals surface area contributed by atoms with Gasteiger partial charge in [0.1, 0.15) is 0 Å². The SMILES string of the molecule is Fc1cc(Br)ccc1Oc1nccnc1Cl. The molecule has 1 aromatic heterocycles. The van der Waals surface area contributed by atoms with E-state index in [-0.39, 0.29) is 16.8 Å². The molecule has 0 spiro atoms. The molecule has 0 aliphatic carbocycles. The lowest BCUT2D eigenvalue weighted by atomic mass is 10.3. The zero-order valence-corrected chi connectivity index (χ0v) is 10.2. The Bertz CT molecular complexity index is 524. The van der Waals surface area contributed by atoms with Gasteiger partial charge >= 0.3 is 0 Å². The van der Waals surface area contributed by atoms with Crippen LogP contribution in [-0.2, 0) is 0 Å². The summed E-state index contributed by atoms with van der Waals surface area (Å²) in [7, 11) is 0. The van der Waals surface area contributed by atoms with E-state index >= 15 is 0 Å². The molecule has 0 aliphatic rings. The predicted octanol–water partition coefficient (Wildman–Crippen LogP) is 3.82. The second kappa shape index (κ2) is 4.76. The predicted molar refractivity (Wildman–Crippen MR) is 61.2 cm³/mol. The van der Waals surface area contributed by atoms with Crippen molar-refractivity contribution in [3.63, 3.8) is 0 Å². The molecule has 1 aromatic carbocycles. The Kier molecular flexibility index (Phi) is 3.36. The van der Waals surface area contributed by atoms with Crippen LogP contribution in [0.4, 0.5) is 4.39 Å². The van der Waals surface area contributed by atoms with Gasteiger partial charge in [0.05, 0.1) is 0 Å². The van der Waals surface area contributed by atoms with E-state index in [9.17, 15) is 4.39 Å². The Morgan fingerprint density at radius 3 is 2.69 bits per heavy atom. The van der Waals surface area contributed by atoms with Crippen LogP contribution in [0.2, 0.25) is 5.15 Å². The minimum absolute atomic E-state index is 0.0469. The standard InChI is InChI=1S/C10H5BrClFN2O/c11-6-1-2-8(7(13)5-6)16-10-9(12)14-3-4-15-10/h1-5H. The fraction of sp³-hybridized carbons (Fsp3) is 0. The summed E-state index contributed by atoms with van der Waals surface area (Å²) in [6.07, 6.45) is 2.84. The first-order valence-corrected chi connectivity index (χ1v) is 5.43. The minimum Gasteiger partial charge on any atom is -0.433 e. The van der Waals surface area contributed by atoms with E-state index in [1.54, 1.807) is 6.07 Å². The van der Waals surface area contributed by atoms with Gasteiger partial charge in [-0.15, -0.1) is 0 Å². The van der Waals surface area contributed by atoms with E-state index < -0.39 is 5.82 Å². The molecule has 2 aromatic rings. The molecule has 1 heterocycles. The van der Waals surface area contributed by atoms with Gasteiger partial charge in [0.2, 0.25) is 0 Å². The minimum atomic E-state index is -0.504. The molecule has 16 heavy (non-hydrogen) atoms. The van der Waals surface area contributed by atoms with E-state index in [4.69, 9.17) is 16.3 Å². The van der Waals surface area contributed by atoms with Crippen LogP contribution in [-0.4, -0.2) is 9.97 Å². The van der Waals surface area contributed by atoms with Gasteiger partial charge in [0.25, 0.3) is 5.88 Å². The lowest BCUT2D eigenvalue weighted by Crippen LogP contribution is -1.92. The molecule has 0 saturated carbocycles. The van der Waals surface area contributed by atoms with E-state index in [1.807, 2.05) is 0 Å². The summed E-state index contributed by atoms with van der Waals surface area (Å²) in [5.41, 5.74) is 0. The average Bonchev–Trinajstić information content (AvgIpc) is 2.25. The maximum Gasteiger partial charge on any atom is 0.257 e. The van der Waals surface area contributed by atoms with Crippen LogP contribution in [0.25, 0.3) is 0 Å². The van der Waals surface area contributed by atoms with Crippen LogP contribution in [0.3, 0.4) is 0 Å². The van der Waals surface area contributed by atoms with Crippen molar-refractivity contribution in [2.45, 2.75) is 0 Å². The Morgan fingerprint density at radius 2 is 2.00 bits per heavy atom. The topological polar surface area (TPSA) is 35.0 Å². The van der Waals surface area contributed by atoms with E-state index in [2.05, 4.69) is 25.9 Å². The molecule has 0 bridgehead atoms. The third-order valence-corrected chi connectivity index (χ3v) is 2.48. The molecule has 0 atom stereocenters. The van der Waals surface area contributed by atoms with Gasteiger partial charge in [-0.1, -0.05) is 27.5 Å². The molecule has 0 radical (unpaired) electrons. The smallest absolute Gasteiger partial charge is 0.257 e. The van der Waals surface area contributed by atoms with Gasteiger partial charge in [-0.05, 0) is 18.2 Å². The summed E-state index contributed by atoms with van der Waals surface area (Å²) in [5.74, 6) is -0.382. The first-order chi connectivity index (χ1) is 7.66. The molecular formula is C10H5BrClFN2O. The quantitative estimate of drug-likeness (QED) is 0.846. The van der Waals surface area contributed by atoms with Gasteiger partial charge in [-0.25, -0.2) is 14.4 Å². The number of aromatic nitrogens is 2. The van der Waals surface area contributed by atoms with Gasteiger partial charge in [-0.3, -0.25) is 0 Å². The first kappa shape index (κ1) is 11.3. The van der Waals surface area contributed by atoms with Gasteiger partial charge in [0, 0.05) is 16.9 Å². The molecule has 0 saturated heterocycles. The third-order valence-electron chi connectivity index (χ3n) is 1.72. The number of halogens is 3. The highest BCUT2D eigenvalue weighted by Crippen LogP contribution is 2.28. The number of nitrogens with zero attached hydrogens (tertiary/aromatic N) is 2. The van der Waals surface area contributed by atoms with Crippen molar-refractivity contribution in [2.24, 2.45) is 0 Å². The number of rotatable bonds is 2. The summed E-state index contributed by atoms with van der Waals surface area (Å²) >= 11 is 8.87. The monoisotopic (exact) mass is 302 g/mol. The number of hydrogen-bond acceptors (Lipinski definition) is 3. The first-order valence-electron chi connectivity index (χ1n) is 4.26. The van der Waals surface area contributed by atoms with E-state index in [0.29, 0.717) is 4.47 Å². The van der Waals surface area contributed by atoms with Crippen molar-refractivity contribution in [2.75, 3.05) is 0 Å². The third kappa shape index (κ3) is 2.48. The summed E-state index contributed by atoms with van der Waals surface area (Å²) in [4.78, 5) is 7.61. The van der Waals surface area contributed by atoms with Crippen LogP contribution >= 0.6 is 27.5 Å². The highest BCUT2D eigenvalue weighted by molar-refractivity contribution is 9.10. The fourth-order valence-corrected chi connectivity index (χ4v) is 1.52.